The standard InChI is InChI=1S/C21H22N4O3/c26-19-9-17-11-24(10-16(17)8-18(19)25-13-22-12-23-25)21(27)15-5-3-14(4-6-15)20-2-1-7-28-20/h1-7,12-13,16-19,26H,8-11H2/t16-,17+,18-,19-/m1/s1. The van der Waals surface area contributed by atoms with Gasteiger partial charge in [0.25, 0.3) is 5.91 Å². The van der Waals surface area contributed by atoms with E-state index >= 15 is 0 Å². The zero-order valence-electron chi connectivity index (χ0n) is 15.4. The van der Waals surface area contributed by atoms with Crippen molar-refractivity contribution in [3.8, 4) is 11.3 Å². The topological polar surface area (TPSA) is 84.4 Å². The van der Waals surface area contributed by atoms with Crippen molar-refractivity contribution in [1.82, 2.24) is 19.7 Å². The van der Waals surface area contributed by atoms with Gasteiger partial charge in [0.15, 0.2) is 0 Å². The van der Waals surface area contributed by atoms with Crippen LogP contribution in [0, 0.1) is 11.8 Å². The van der Waals surface area contributed by atoms with E-state index in [1.165, 1.54) is 6.33 Å². The molecule has 4 atom stereocenters. The van der Waals surface area contributed by atoms with Gasteiger partial charge in [-0.05, 0) is 48.9 Å². The molecule has 28 heavy (non-hydrogen) atoms. The third-order valence-electron chi connectivity index (χ3n) is 6.11. The molecule has 2 aliphatic rings. The molecule has 1 amide bonds. The average molecular weight is 378 g/mol. The van der Waals surface area contributed by atoms with Crippen LogP contribution in [0.2, 0.25) is 0 Å². The van der Waals surface area contributed by atoms with Crippen LogP contribution >= 0.6 is 0 Å². The van der Waals surface area contributed by atoms with Gasteiger partial charge in [-0.1, -0.05) is 12.1 Å². The smallest absolute Gasteiger partial charge is 0.253 e. The Kier molecular flexibility index (Phi) is 4.24. The third kappa shape index (κ3) is 3.01. The summed E-state index contributed by atoms with van der Waals surface area (Å²) in [6.07, 6.45) is 5.85. The lowest BCUT2D eigenvalue weighted by Crippen LogP contribution is -2.36. The lowest BCUT2D eigenvalue weighted by atomic mass is 9.77. The number of likely N-dealkylation sites (tertiary alicyclic amines) is 1. The minimum atomic E-state index is -0.453. The maximum atomic E-state index is 13.0. The molecule has 7 heteroatoms. The molecule has 0 spiro atoms. The Bertz CT molecular complexity index is 937. The molecule has 1 saturated heterocycles. The molecular weight excluding hydrogens is 356 g/mol. The maximum Gasteiger partial charge on any atom is 0.253 e. The summed E-state index contributed by atoms with van der Waals surface area (Å²) in [7, 11) is 0. The van der Waals surface area contributed by atoms with E-state index in [4.69, 9.17) is 4.42 Å². The number of aliphatic hydroxyl groups is 1. The molecule has 1 aromatic carbocycles. The molecular formula is C21H22N4O3. The van der Waals surface area contributed by atoms with Gasteiger partial charge in [-0.25, -0.2) is 9.67 Å². The largest absolute Gasteiger partial charge is 0.464 e. The van der Waals surface area contributed by atoms with Gasteiger partial charge in [-0.2, -0.15) is 5.10 Å². The number of benzene rings is 1. The van der Waals surface area contributed by atoms with E-state index in [-0.39, 0.29) is 11.9 Å². The Balaban J connectivity index is 1.28. The van der Waals surface area contributed by atoms with E-state index in [9.17, 15) is 9.90 Å². The highest BCUT2D eigenvalue weighted by Crippen LogP contribution is 2.41. The summed E-state index contributed by atoms with van der Waals surface area (Å²) in [4.78, 5) is 18.9. The number of aromatic nitrogens is 3. The van der Waals surface area contributed by atoms with E-state index in [1.807, 2.05) is 41.3 Å². The first-order chi connectivity index (χ1) is 13.7. The molecule has 2 aromatic heterocycles. The lowest BCUT2D eigenvalue weighted by molar-refractivity contribution is 0.0304. The third-order valence-corrected chi connectivity index (χ3v) is 6.11. The monoisotopic (exact) mass is 378 g/mol. The lowest BCUT2D eigenvalue weighted by Gasteiger charge is -2.34. The van der Waals surface area contributed by atoms with Gasteiger partial charge >= 0.3 is 0 Å². The first kappa shape index (κ1) is 17.2. The van der Waals surface area contributed by atoms with Gasteiger partial charge in [0.1, 0.15) is 18.4 Å². The van der Waals surface area contributed by atoms with Crippen LogP contribution in [0.4, 0.5) is 0 Å². The van der Waals surface area contributed by atoms with E-state index < -0.39 is 6.10 Å². The highest BCUT2D eigenvalue weighted by Gasteiger charge is 2.43. The Morgan fingerprint density at radius 1 is 1.11 bits per heavy atom. The SMILES string of the molecule is O=C(c1ccc(-c2ccco2)cc1)N1C[C@H]2C[C@@H](n3cncn3)[C@H](O)C[C@H]2C1. The van der Waals surface area contributed by atoms with Gasteiger partial charge in [0, 0.05) is 24.2 Å². The second-order valence-corrected chi connectivity index (χ2v) is 7.77. The van der Waals surface area contributed by atoms with Crippen molar-refractivity contribution in [2.45, 2.75) is 25.0 Å². The summed E-state index contributed by atoms with van der Waals surface area (Å²) in [5, 5.41) is 14.7. The zero-order valence-corrected chi connectivity index (χ0v) is 15.4. The van der Waals surface area contributed by atoms with Crippen molar-refractivity contribution >= 4 is 5.91 Å². The molecule has 7 nitrogen and oxygen atoms in total. The normalized spacial score (nSPS) is 27.0. The molecule has 144 valence electrons. The first-order valence-electron chi connectivity index (χ1n) is 9.64. The Morgan fingerprint density at radius 2 is 1.89 bits per heavy atom. The summed E-state index contributed by atoms with van der Waals surface area (Å²) in [6, 6.07) is 11.2. The molecule has 1 aliphatic carbocycles. The predicted octanol–water partition coefficient (Wildman–Crippen LogP) is 2.62. The Hall–Kier alpha value is -2.93. The average Bonchev–Trinajstić information content (AvgIpc) is 3.47. The number of carbonyl (C=O) groups excluding carboxylic acids is 1. The van der Waals surface area contributed by atoms with Gasteiger partial charge < -0.3 is 14.4 Å². The summed E-state index contributed by atoms with van der Waals surface area (Å²) in [5.74, 6) is 1.55. The fourth-order valence-corrected chi connectivity index (χ4v) is 4.65. The second kappa shape index (κ2) is 6.91. The Labute approximate surface area is 162 Å². The molecule has 1 aliphatic heterocycles. The predicted molar refractivity (Wildman–Crippen MR) is 101 cm³/mol. The van der Waals surface area contributed by atoms with Crippen molar-refractivity contribution in [3.05, 3.63) is 60.9 Å². The Morgan fingerprint density at radius 3 is 2.57 bits per heavy atom. The summed E-state index contributed by atoms with van der Waals surface area (Å²) in [6.45, 7) is 1.42. The van der Waals surface area contributed by atoms with Gasteiger partial charge in [-0.15, -0.1) is 0 Å². The van der Waals surface area contributed by atoms with Gasteiger partial charge in [-0.3, -0.25) is 4.79 Å². The molecule has 0 radical (unpaired) electrons. The number of hydrogen-bond donors (Lipinski definition) is 1. The summed E-state index contributed by atoms with van der Waals surface area (Å²) < 4.78 is 7.15. The fourth-order valence-electron chi connectivity index (χ4n) is 4.65. The minimum Gasteiger partial charge on any atom is -0.464 e. The van der Waals surface area contributed by atoms with Crippen LogP contribution in [0.25, 0.3) is 11.3 Å². The van der Waals surface area contributed by atoms with Crippen molar-refractivity contribution in [2.24, 2.45) is 11.8 Å². The molecule has 0 bridgehead atoms. The van der Waals surface area contributed by atoms with E-state index in [1.54, 1.807) is 17.3 Å². The number of amides is 1. The number of furan rings is 1. The van der Waals surface area contributed by atoms with Crippen LogP contribution in [0.1, 0.15) is 29.2 Å². The summed E-state index contributed by atoms with van der Waals surface area (Å²) >= 11 is 0. The van der Waals surface area contributed by atoms with Crippen LogP contribution in [0.5, 0.6) is 0 Å². The minimum absolute atomic E-state index is 0.0483. The van der Waals surface area contributed by atoms with Crippen molar-refractivity contribution in [3.63, 3.8) is 0 Å². The molecule has 2 fully saturated rings. The molecule has 3 heterocycles. The fraction of sp³-hybridized carbons (Fsp3) is 0.381. The first-order valence-corrected chi connectivity index (χ1v) is 9.64. The van der Waals surface area contributed by atoms with Crippen LogP contribution in [-0.4, -0.2) is 49.9 Å². The van der Waals surface area contributed by atoms with Crippen molar-refractivity contribution in [2.75, 3.05) is 13.1 Å². The number of carbonyl (C=O) groups is 1. The number of nitrogens with zero attached hydrogens (tertiary/aromatic N) is 4. The number of aliphatic hydroxyl groups excluding tert-OH is 1. The van der Waals surface area contributed by atoms with E-state index in [0.717, 1.165) is 24.3 Å². The highest BCUT2D eigenvalue weighted by atomic mass is 16.3. The zero-order chi connectivity index (χ0) is 19.1. The number of rotatable bonds is 3. The van der Waals surface area contributed by atoms with Crippen molar-refractivity contribution < 1.29 is 14.3 Å². The van der Waals surface area contributed by atoms with Crippen LogP contribution in [0.15, 0.2) is 59.7 Å². The molecule has 0 unspecified atom stereocenters. The maximum absolute atomic E-state index is 13.0. The van der Waals surface area contributed by atoms with Gasteiger partial charge in [0.05, 0.1) is 18.4 Å². The molecule has 5 rings (SSSR count). The van der Waals surface area contributed by atoms with Crippen molar-refractivity contribution in [1.29, 1.82) is 0 Å². The summed E-state index contributed by atoms with van der Waals surface area (Å²) in [5.41, 5.74) is 1.64. The quantitative estimate of drug-likeness (QED) is 0.757. The molecule has 3 aromatic rings. The van der Waals surface area contributed by atoms with Crippen LogP contribution < -0.4 is 0 Å². The van der Waals surface area contributed by atoms with Crippen LogP contribution in [-0.2, 0) is 0 Å². The van der Waals surface area contributed by atoms with E-state index in [0.29, 0.717) is 30.4 Å². The van der Waals surface area contributed by atoms with E-state index in [2.05, 4.69) is 10.1 Å². The van der Waals surface area contributed by atoms with Crippen LogP contribution in [0.3, 0.4) is 0 Å². The molecule has 1 saturated carbocycles. The highest BCUT2D eigenvalue weighted by molar-refractivity contribution is 5.94. The van der Waals surface area contributed by atoms with Gasteiger partial charge in [0.2, 0.25) is 0 Å². The second-order valence-electron chi connectivity index (χ2n) is 7.77. The molecule has 1 N–H and O–H groups in total. The number of fused-ring (bicyclic) bond motifs is 1. The number of hydrogen-bond acceptors (Lipinski definition) is 5.